The number of hydrogen-bond donors (Lipinski definition) is 1. The first-order valence-corrected chi connectivity index (χ1v) is 6.66. The molecule has 0 bridgehead atoms. The normalized spacial score (nSPS) is 13.1. The van der Waals surface area contributed by atoms with E-state index in [4.69, 9.17) is 4.74 Å². The van der Waals surface area contributed by atoms with Gasteiger partial charge in [-0.2, -0.15) is 0 Å². The van der Waals surface area contributed by atoms with Gasteiger partial charge in [-0.1, -0.05) is 6.92 Å². The topological polar surface area (TPSA) is 21.3 Å². The highest BCUT2D eigenvalue weighted by atomic mass is 16.5. The lowest BCUT2D eigenvalue weighted by Crippen LogP contribution is -2.36. The fourth-order valence-electron chi connectivity index (χ4n) is 1.32. The van der Waals surface area contributed by atoms with Crippen LogP contribution in [0.2, 0.25) is 0 Å². The Hall–Kier alpha value is -0.0800. The van der Waals surface area contributed by atoms with Crippen LogP contribution in [-0.4, -0.2) is 24.3 Å². The number of ether oxygens (including phenoxy) is 1. The third kappa shape index (κ3) is 10.4. The fourth-order valence-corrected chi connectivity index (χ4v) is 1.32. The molecule has 0 saturated heterocycles. The van der Waals surface area contributed by atoms with Crippen molar-refractivity contribution in [2.75, 3.05) is 13.2 Å². The van der Waals surface area contributed by atoms with Gasteiger partial charge in [-0.25, -0.2) is 0 Å². The van der Waals surface area contributed by atoms with Gasteiger partial charge in [0, 0.05) is 12.1 Å². The van der Waals surface area contributed by atoms with Gasteiger partial charge in [-0.05, 0) is 66.8 Å². The van der Waals surface area contributed by atoms with Crippen LogP contribution in [0, 0.1) is 0 Å². The van der Waals surface area contributed by atoms with Gasteiger partial charge in [0.2, 0.25) is 0 Å². The predicted molar refractivity (Wildman–Crippen MR) is 71.9 cm³/mol. The molecule has 0 radical (unpaired) electrons. The maximum absolute atomic E-state index is 5.81. The Bertz CT molecular complexity index is 170. The first-order valence-electron chi connectivity index (χ1n) is 6.66. The van der Waals surface area contributed by atoms with Crippen LogP contribution in [0.4, 0.5) is 0 Å². The molecule has 0 atom stereocenters. The molecule has 0 aliphatic rings. The van der Waals surface area contributed by atoms with Crippen LogP contribution in [-0.2, 0) is 4.74 Å². The maximum atomic E-state index is 5.81. The highest BCUT2D eigenvalue weighted by Crippen LogP contribution is 2.14. The van der Waals surface area contributed by atoms with E-state index in [-0.39, 0.29) is 11.1 Å². The summed E-state index contributed by atoms with van der Waals surface area (Å²) in [5, 5.41) is 3.50. The molecule has 16 heavy (non-hydrogen) atoms. The van der Waals surface area contributed by atoms with Crippen molar-refractivity contribution in [1.82, 2.24) is 5.32 Å². The molecule has 0 heterocycles. The molecular weight excluding hydrogens is 198 g/mol. The van der Waals surface area contributed by atoms with Gasteiger partial charge in [0.05, 0.1) is 5.60 Å². The summed E-state index contributed by atoms with van der Waals surface area (Å²) in [7, 11) is 0. The average Bonchev–Trinajstić information content (AvgIpc) is 2.14. The minimum absolute atomic E-state index is 0.0592. The van der Waals surface area contributed by atoms with E-state index >= 15 is 0 Å². The first-order chi connectivity index (χ1) is 7.27. The molecule has 1 N–H and O–H groups in total. The maximum Gasteiger partial charge on any atom is 0.0623 e. The van der Waals surface area contributed by atoms with Crippen molar-refractivity contribution in [2.24, 2.45) is 0 Å². The lowest BCUT2D eigenvalue weighted by atomic mass is 10.1. The van der Waals surface area contributed by atoms with Gasteiger partial charge < -0.3 is 10.1 Å². The number of rotatable bonds is 8. The van der Waals surface area contributed by atoms with Crippen LogP contribution in [0.3, 0.4) is 0 Å². The molecule has 0 spiro atoms. The molecular formula is C14H31NO. The van der Waals surface area contributed by atoms with E-state index in [1.54, 1.807) is 0 Å². The van der Waals surface area contributed by atoms with Crippen LogP contribution in [0.15, 0.2) is 0 Å². The van der Waals surface area contributed by atoms with E-state index in [1.807, 2.05) is 0 Å². The molecule has 0 aliphatic carbocycles. The van der Waals surface area contributed by atoms with Gasteiger partial charge in [0.15, 0.2) is 0 Å². The van der Waals surface area contributed by atoms with Crippen LogP contribution in [0.1, 0.15) is 67.2 Å². The first kappa shape index (κ1) is 15.9. The standard InChI is InChI=1S/C14H31NO/c1-7-14(5,6)16-12-10-8-9-11-15-13(2,3)4/h15H,7-12H2,1-6H3. The second-order valence-electron chi connectivity index (χ2n) is 6.20. The van der Waals surface area contributed by atoms with Crippen molar-refractivity contribution in [3.05, 3.63) is 0 Å². The number of hydrogen-bond acceptors (Lipinski definition) is 2. The van der Waals surface area contributed by atoms with Gasteiger partial charge >= 0.3 is 0 Å². The SMILES string of the molecule is CCC(C)(C)OCCCCCNC(C)(C)C. The van der Waals surface area contributed by atoms with Crippen molar-refractivity contribution >= 4 is 0 Å². The molecule has 0 aromatic heterocycles. The monoisotopic (exact) mass is 229 g/mol. The smallest absolute Gasteiger partial charge is 0.0623 e. The quantitative estimate of drug-likeness (QED) is 0.640. The van der Waals surface area contributed by atoms with Gasteiger partial charge in [0.1, 0.15) is 0 Å². The summed E-state index contributed by atoms with van der Waals surface area (Å²) in [6, 6.07) is 0. The number of unbranched alkanes of at least 4 members (excludes halogenated alkanes) is 2. The predicted octanol–water partition coefficient (Wildman–Crippen LogP) is 3.75. The summed E-state index contributed by atoms with van der Waals surface area (Å²) < 4.78 is 5.81. The van der Waals surface area contributed by atoms with E-state index in [9.17, 15) is 0 Å². The van der Waals surface area contributed by atoms with E-state index in [0.29, 0.717) is 0 Å². The Morgan fingerprint density at radius 1 is 0.938 bits per heavy atom. The van der Waals surface area contributed by atoms with Gasteiger partial charge in [-0.3, -0.25) is 0 Å². The molecule has 0 saturated carbocycles. The summed E-state index contributed by atoms with van der Waals surface area (Å²) in [4.78, 5) is 0. The van der Waals surface area contributed by atoms with Crippen LogP contribution in [0.5, 0.6) is 0 Å². The van der Waals surface area contributed by atoms with Crippen LogP contribution >= 0.6 is 0 Å². The molecule has 98 valence electrons. The fraction of sp³-hybridized carbons (Fsp3) is 1.00. The van der Waals surface area contributed by atoms with Crippen molar-refractivity contribution in [3.8, 4) is 0 Å². The van der Waals surface area contributed by atoms with E-state index in [0.717, 1.165) is 19.6 Å². The molecule has 2 nitrogen and oxygen atoms in total. The third-order valence-electron chi connectivity index (χ3n) is 2.82. The Balaban J connectivity index is 3.29. The Labute approximate surface area is 102 Å². The minimum atomic E-state index is 0.0592. The molecule has 0 amide bonds. The Morgan fingerprint density at radius 2 is 1.56 bits per heavy atom. The largest absolute Gasteiger partial charge is 0.376 e. The molecule has 0 aromatic rings. The molecule has 0 aliphatic heterocycles. The van der Waals surface area contributed by atoms with E-state index < -0.39 is 0 Å². The summed E-state index contributed by atoms with van der Waals surface area (Å²) in [5.74, 6) is 0. The second kappa shape index (κ2) is 7.29. The van der Waals surface area contributed by atoms with Crippen molar-refractivity contribution in [3.63, 3.8) is 0 Å². The Morgan fingerprint density at radius 3 is 2.06 bits per heavy atom. The van der Waals surface area contributed by atoms with Gasteiger partial charge in [-0.15, -0.1) is 0 Å². The van der Waals surface area contributed by atoms with Crippen molar-refractivity contribution in [2.45, 2.75) is 78.4 Å². The summed E-state index contributed by atoms with van der Waals surface area (Å²) in [6.45, 7) is 15.1. The average molecular weight is 229 g/mol. The van der Waals surface area contributed by atoms with Crippen molar-refractivity contribution in [1.29, 1.82) is 0 Å². The molecule has 0 fully saturated rings. The second-order valence-corrected chi connectivity index (χ2v) is 6.20. The zero-order valence-corrected chi connectivity index (χ0v) is 12.2. The summed E-state index contributed by atoms with van der Waals surface area (Å²) in [5.41, 5.74) is 0.310. The lowest BCUT2D eigenvalue weighted by Gasteiger charge is -2.23. The molecule has 2 heteroatoms. The van der Waals surface area contributed by atoms with Gasteiger partial charge in [0.25, 0.3) is 0 Å². The lowest BCUT2D eigenvalue weighted by molar-refractivity contribution is -0.0216. The van der Waals surface area contributed by atoms with E-state index in [1.165, 1.54) is 19.3 Å². The van der Waals surface area contributed by atoms with Crippen molar-refractivity contribution < 1.29 is 4.74 Å². The zero-order valence-electron chi connectivity index (χ0n) is 12.2. The summed E-state index contributed by atoms with van der Waals surface area (Å²) >= 11 is 0. The van der Waals surface area contributed by atoms with Crippen LogP contribution < -0.4 is 5.32 Å². The number of nitrogens with one attached hydrogen (secondary N) is 1. The zero-order chi connectivity index (χ0) is 12.7. The Kier molecular flexibility index (Phi) is 7.25. The highest BCUT2D eigenvalue weighted by molar-refractivity contribution is 4.69. The van der Waals surface area contributed by atoms with Crippen LogP contribution in [0.25, 0.3) is 0 Å². The molecule has 0 rings (SSSR count). The molecule has 0 unspecified atom stereocenters. The minimum Gasteiger partial charge on any atom is -0.376 e. The van der Waals surface area contributed by atoms with E-state index in [2.05, 4.69) is 46.9 Å². The third-order valence-corrected chi connectivity index (χ3v) is 2.82. The highest BCUT2D eigenvalue weighted by Gasteiger charge is 2.14. The molecule has 0 aromatic carbocycles. The summed E-state index contributed by atoms with van der Waals surface area (Å²) in [6.07, 6.45) is 4.75.